The van der Waals surface area contributed by atoms with Crippen LogP contribution in [0.1, 0.15) is 17.5 Å². The molecule has 1 aliphatic heterocycles. The highest BCUT2D eigenvalue weighted by atomic mass is 35.5. The topological polar surface area (TPSA) is 90.5 Å². The van der Waals surface area contributed by atoms with Crippen molar-refractivity contribution in [3.05, 3.63) is 89.2 Å². The molecular weight excluding hydrogens is 500 g/mol. The van der Waals surface area contributed by atoms with Crippen LogP contribution in [0.5, 0.6) is 0 Å². The van der Waals surface area contributed by atoms with Gasteiger partial charge in [0.25, 0.3) is 5.91 Å². The second-order valence-electron chi connectivity index (χ2n) is 9.33. The Balaban J connectivity index is 1.53. The van der Waals surface area contributed by atoms with Crippen LogP contribution in [-0.2, 0) is 9.59 Å². The van der Waals surface area contributed by atoms with Crippen LogP contribution in [0.15, 0.2) is 73.1 Å². The van der Waals surface area contributed by atoms with E-state index in [2.05, 4.69) is 20.6 Å². The van der Waals surface area contributed by atoms with E-state index in [0.717, 1.165) is 28.0 Å². The first-order chi connectivity index (χ1) is 18.3. The third-order valence-corrected chi connectivity index (χ3v) is 6.64. The maximum absolute atomic E-state index is 13.2. The Kier molecular flexibility index (Phi) is 7.09. The third kappa shape index (κ3) is 5.22. The van der Waals surface area contributed by atoms with Gasteiger partial charge in [0.2, 0.25) is 5.91 Å². The number of hydrogen-bond acceptors (Lipinski definition) is 6. The maximum atomic E-state index is 13.2. The average molecular weight is 527 g/mol. The van der Waals surface area contributed by atoms with E-state index in [9.17, 15) is 9.59 Å². The molecule has 0 fully saturated rings. The summed E-state index contributed by atoms with van der Waals surface area (Å²) >= 11 is 6.18. The van der Waals surface area contributed by atoms with Crippen LogP contribution < -0.4 is 15.5 Å². The van der Waals surface area contributed by atoms with E-state index >= 15 is 0 Å². The quantitative estimate of drug-likeness (QED) is 0.324. The summed E-state index contributed by atoms with van der Waals surface area (Å²) in [6.07, 6.45) is 3.72. The lowest BCUT2D eigenvalue weighted by molar-refractivity contribution is -0.118. The van der Waals surface area contributed by atoms with Crippen LogP contribution in [-0.4, -0.2) is 54.4 Å². The van der Waals surface area contributed by atoms with Gasteiger partial charge in [-0.1, -0.05) is 23.7 Å². The maximum Gasteiger partial charge on any atom is 0.258 e. The minimum atomic E-state index is -0.230. The summed E-state index contributed by atoms with van der Waals surface area (Å²) in [5.41, 5.74) is 6.34. The predicted octanol–water partition coefficient (Wildman–Crippen LogP) is 5.13. The number of amides is 2. The van der Waals surface area contributed by atoms with Crippen LogP contribution in [0.4, 0.5) is 17.1 Å². The summed E-state index contributed by atoms with van der Waals surface area (Å²) in [5, 5.41) is 6.91. The first-order valence-electron chi connectivity index (χ1n) is 12.2. The molecule has 0 radical (unpaired) electrons. The molecule has 0 saturated carbocycles. The number of fused-ring (bicyclic) bond motifs is 2. The van der Waals surface area contributed by atoms with Crippen molar-refractivity contribution in [3.8, 4) is 0 Å². The van der Waals surface area contributed by atoms with Crippen molar-refractivity contribution in [1.29, 1.82) is 0 Å². The largest absolute Gasteiger partial charge is 0.354 e. The van der Waals surface area contributed by atoms with E-state index < -0.39 is 0 Å². The fourth-order valence-electron chi connectivity index (χ4n) is 4.33. The van der Waals surface area contributed by atoms with Gasteiger partial charge in [-0.15, -0.1) is 0 Å². The van der Waals surface area contributed by atoms with Crippen LogP contribution >= 0.6 is 11.6 Å². The number of nitrogens with zero attached hydrogens (tertiary/aromatic N) is 4. The Morgan fingerprint density at radius 2 is 1.68 bits per heavy atom. The van der Waals surface area contributed by atoms with Crippen LogP contribution in [0, 0.1) is 0 Å². The summed E-state index contributed by atoms with van der Waals surface area (Å²) in [5.74, 6) is -0.191. The van der Waals surface area contributed by atoms with E-state index in [1.54, 1.807) is 36.5 Å². The summed E-state index contributed by atoms with van der Waals surface area (Å²) in [6, 6.07) is 18.6. The molecule has 192 valence electrons. The molecule has 2 amide bonds. The Labute approximate surface area is 226 Å². The lowest BCUT2D eigenvalue weighted by Crippen LogP contribution is -2.29. The molecule has 0 atom stereocenters. The molecule has 8 nitrogen and oxygen atoms in total. The van der Waals surface area contributed by atoms with Gasteiger partial charge in [0.05, 0.1) is 28.0 Å². The van der Waals surface area contributed by atoms with Crippen molar-refractivity contribution in [2.45, 2.75) is 6.42 Å². The fourth-order valence-corrected chi connectivity index (χ4v) is 4.51. The zero-order chi connectivity index (χ0) is 26.8. The van der Waals surface area contributed by atoms with Gasteiger partial charge in [0.15, 0.2) is 0 Å². The fraction of sp³-hybridized carbons (Fsp3) is 0.172. The molecule has 0 bridgehead atoms. The molecule has 2 heterocycles. The monoisotopic (exact) mass is 526 g/mol. The van der Waals surface area contributed by atoms with E-state index in [1.165, 1.54) is 0 Å². The molecule has 9 heteroatoms. The van der Waals surface area contributed by atoms with Gasteiger partial charge in [-0.05, 0) is 62.6 Å². The van der Waals surface area contributed by atoms with Crippen LogP contribution in [0.2, 0.25) is 5.02 Å². The van der Waals surface area contributed by atoms with E-state index in [1.807, 2.05) is 67.5 Å². The number of benzene rings is 3. The van der Waals surface area contributed by atoms with Gasteiger partial charge in [-0.2, -0.15) is 0 Å². The number of aromatic nitrogens is 2. The molecule has 0 unspecified atom stereocenters. The van der Waals surface area contributed by atoms with E-state index in [4.69, 9.17) is 11.6 Å². The van der Waals surface area contributed by atoms with Crippen molar-refractivity contribution >= 4 is 62.8 Å². The highest BCUT2D eigenvalue weighted by molar-refractivity contribution is 6.38. The zero-order valence-corrected chi connectivity index (χ0v) is 22.1. The standard InChI is InChI=1S/C29H27ClN6O2/c1-35(2)15-12-26(37)36(3)21-8-6-20(7-9-21)33-28(18-4-11-23-25(16-18)32-14-13-31-23)27-22-10-5-19(30)17-24(22)34-29(27)38/h4-11,13-14,16-17,33H,12,15H2,1-3H3,(H,34,38). The molecule has 1 aliphatic rings. The third-order valence-electron chi connectivity index (χ3n) is 6.41. The minimum Gasteiger partial charge on any atom is -0.354 e. The number of nitrogens with one attached hydrogen (secondary N) is 2. The molecule has 38 heavy (non-hydrogen) atoms. The Morgan fingerprint density at radius 1 is 0.947 bits per heavy atom. The van der Waals surface area contributed by atoms with Crippen LogP contribution in [0.25, 0.3) is 22.3 Å². The number of anilines is 3. The van der Waals surface area contributed by atoms with Crippen molar-refractivity contribution in [1.82, 2.24) is 14.9 Å². The molecule has 0 saturated heterocycles. The first kappa shape index (κ1) is 25.4. The van der Waals surface area contributed by atoms with Crippen LogP contribution in [0.3, 0.4) is 0 Å². The van der Waals surface area contributed by atoms with Crippen molar-refractivity contribution < 1.29 is 9.59 Å². The van der Waals surface area contributed by atoms with Crippen molar-refractivity contribution in [2.75, 3.05) is 43.2 Å². The average Bonchev–Trinajstić information content (AvgIpc) is 3.24. The minimum absolute atomic E-state index is 0.0392. The summed E-state index contributed by atoms with van der Waals surface area (Å²) in [4.78, 5) is 38.2. The highest BCUT2D eigenvalue weighted by Crippen LogP contribution is 2.39. The Morgan fingerprint density at radius 3 is 2.42 bits per heavy atom. The molecular formula is C29H27ClN6O2. The predicted molar refractivity (Wildman–Crippen MR) is 153 cm³/mol. The Bertz CT molecular complexity index is 1570. The molecule has 3 aromatic carbocycles. The number of rotatable bonds is 7. The molecule has 2 N–H and O–H groups in total. The van der Waals surface area contributed by atoms with E-state index in [-0.39, 0.29) is 11.8 Å². The first-order valence-corrected chi connectivity index (χ1v) is 12.5. The van der Waals surface area contributed by atoms with Gasteiger partial charge < -0.3 is 20.4 Å². The second kappa shape index (κ2) is 10.6. The van der Waals surface area contributed by atoms with Crippen molar-refractivity contribution in [3.63, 3.8) is 0 Å². The summed E-state index contributed by atoms with van der Waals surface area (Å²) in [6.45, 7) is 0.685. The highest BCUT2D eigenvalue weighted by Gasteiger charge is 2.29. The molecule has 4 aromatic rings. The van der Waals surface area contributed by atoms with Gasteiger partial charge in [-0.3, -0.25) is 19.6 Å². The SMILES string of the molecule is CN(C)CCC(=O)N(C)c1ccc(NC(=C2C(=O)Nc3cc(Cl)ccc32)c2ccc3nccnc3c2)cc1. The lowest BCUT2D eigenvalue weighted by Gasteiger charge is -2.20. The lowest BCUT2D eigenvalue weighted by atomic mass is 9.99. The molecule has 5 rings (SSSR count). The summed E-state index contributed by atoms with van der Waals surface area (Å²) in [7, 11) is 5.66. The van der Waals surface area contributed by atoms with Gasteiger partial charge in [-0.25, -0.2) is 0 Å². The number of hydrogen-bond donors (Lipinski definition) is 2. The van der Waals surface area contributed by atoms with Gasteiger partial charge >= 0.3 is 0 Å². The number of carbonyl (C=O) groups is 2. The molecule has 1 aromatic heterocycles. The van der Waals surface area contributed by atoms with Gasteiger partial charge in [0, 0.05) is 59.9 Å². The number of halogens is 1. The second-order valence-corrected chi connectivity index (χ2v) is 9.77. The summed E-state index contributed by atoms with van der Waals surface area (Å²) < 4.78 is 0. The Hall–Kier alpha value is -4.27. The molecule has 0 aliphatic carbocycles. The zero-order valence-electron chi connectivity index (χ0n) is 21.3. The molecule has 0 spiro atoms. The smallest absolute Gasteiger partial charge is 0.258 e. The van der Waals surface area contributed by atoms with E-state index in [0.29, 0.717) is 40.5 Å². The van der Waals surface area contributed by atoms with Gasteiger partial charge in [0.1, 0.15) is 0 Å². The van der Waals surface area contributed by atoms with Crippen molar-refractivity contribution in [2.24, 2.45) is 0 Å². The number of carbonyl (C=O) groups excluding carboxylic acids is 2. The normalized spacial score (nSPS) is 13.9.